The number of benzene rings is 3. The molecule has 446 valence electrons. The highest BCUT2D eigenvalue weighted by Crippen LogP contribution is 2.22. The number of ketones is 2. The van der Waals surface area contributed by atoms with Gasteiger partial charge in [-0.25, -0.2) is 0 Å². The zero-order valence-corrected chi connectivity index (χ0v) is 47.5. The molecule has 0 aromatic heterocycles. The molecule has 2 amide bonds. The highest BCUT2D eigenvalue weighted by molar-refractivity contribution is 6.11. The van der Waals surface area contributed by atoms with E-state index in [1.807, 2.05) is 48.3 Å². The Balaban J connectivity index is 0.0000108. The van der Waals surface area contributed by atoms with Crippen LogP contribution in [0.3, 0.4) is 0 Å². The van der Waals surface area contributed by atoms with Crippen LogP contribution in [0.2, 0.25) is 0 Å². The van der Waals surface area contributed by atoms with Crippen molar-refractivity contribution in [3.63, 3.8) is 0 Å². The predicted molar refractivity (Wildman–Crippen MR) is 296 cm³/mol. The highest BCUT2D eigenvalue weighted by Gasteiger charge is 2.25. The summed E-state index contributed by atoms with van der Waals surface area (Å²) in [5, 5.41) is 39.0. The number of carbonyl (C=O) groups is 5. The Morgan fingerprint density at radius 1 is 0.438 bits per heavy atom. The summed E-state index contributed by atoms with van der Waals surface area (Å²) in [6.07, 6.45) is -0.0728. The van der Waals surface area contributed by atoms with Crippen molar-refractivity contribution in [3.05, 3.63) is 72.8 Å². The second-order valence-electron chi connectivity index (χ2n) is 18.2. The molecule has 0 heterocycles. The van der Waals surface area contributed by atoms with Crippen LogP contribution < -0.4 is 20.1 Å². The number of nitrogens with one attached hydrogen (secondary N) is 2. The lowest BCUT2D eigenvalue weighted by Gasteiger charge is -2.20. The number of hydrogen-bond acceptors (Lipinski definition) is 22. The number of carbonyl (C=O) groups excluding carboxylic acids is 5. The summed E-state index contributed by atoms with van der Waals surface area (Å²) in [6, 6.07) is 16.5. The maximum atomic E-state index is 13.1. The van der Waals surface area contributed by atoms with Gasteiger partial charge in [0.2, 0.25) is 12.1 Å². The number of aliphatic hydroxyl groups excluding tert-OH is 2. The fourth-order valence-corrected chi connectivity index (χ4v) is 6.44. The highest BCUT2D eigenvalue weighted by atomic mass is 16.6. The third kappa shape index (κ3) is 32.3. The lowest BCUT2D eigenvalue weighted by atomic mass is 10.2. The van der Waals surface area contributed by atoms with Crippen molar-refractivity contribution in [2.24, 2.45) is 20.5 Å². The average molecular weight is 1130 g/mol. The number of aliphatic hydroxyl groups is 2. The predicted octanol–water partition coefficient (Wildman–Crippen LogP) is 6.47. The van der Waals surface area contributed by atoms with E-state index in [4.69, 9.17) is 67.1 Å². The summed E-state index contributed by atoms with van der Waals surface area (Å²) in [4.78, 5) is 59.2. The van der Waals surface area contributed by atoms with Gasteiger partial charge in [0.1, 0.15) is 24.9 Å². The Morgan fingerprint density at radius 3 is 1.18 bits per heavy atom. The van der Waals surface area contributed by atoms with Crippen molar-refractivity contribution in [2.45, 2.75) is 111 Å². The fourth-order valence-electron chi connectivity index (χ4n) is 6.44. The van der Waals surface area contributed by atoms with Crippen LogP contribution >= 0.6 is 0 Å². The van der Waals surface area contributed by atoms with Crippen LogP contribution in [0.1, 0.15) is 61.8 Å². The number of Topliss-reactive ketones (excluding diaryl/α,β-unsaturated/α-hetero) is 2. The molecule has 3 aromatic carbocycles. The van der Waals surface area contributed by atoms with Crippen LogP contribution in [0.4, 0.5) is 22.7 Å². The minimum Gasteiger partial charge on any atom is -0.493 e. The van der Waals surface area contributed by atoms with Crippen molar-refractivity contribution in [3.8, 4) is 11.5 Å². The molecule has 0 radical (unpaired) electrons. The lowest BCUT2D eigenvalue weighted by Crippen LogP contribution is -2.32. The summed E-state index contributed by atoms with van der Waals surface area (Å²) in [5.74, 6) is -1.32. The molecule has 8 unspecified atom stereocenters. The number of hydrogen-bond donors (Lipinski definition) is 4. The van der Waals surface area contributed by atoms with Gasteiger partial charge in [-0.3, -0.25) is 19.2 Å². The molecule has 0 aliphatic heterocycles. The third-order valence-electron chi connectivity index (χ3n) is 10.8. The Labute approximate surface area is 469 Å². The monoisotopic (exact) mass is 1130 g/mol. The number of amides is 2. The van der Waals surface area contributed by atoms with Crippen LogP contribution in [0.5, 0.6) is 11.5 Å². The third-order valence-corrected chi connectivity index (χ3v) is 10.8. The molecular formula is C56H84N6O18. The van der Waals surface area contributed by atoms with E-state index in [0.717, 1.165) is 0 Å². The molecule has 4 N–H and O–H groups in total. The van der Waals surface area contributed by atoms with E-state index in [-0.39, 0.29) is 69.7 Å². The first kappa shape index (κ1) is 70.1. The van der Waals surface area contributed by atoms with Gasteiger partial charge in [0.25, 0.3) is 11.8 Å². The minimum absolute atomic E-state index is 0.0167. The maximum Gasteiger partial charge on any atom is 0.258 e. The van der Waals surface area contributed by atoms with Gasteiger partial charge in [-0.1, -0.05) is 0 Å². The Hall–Kier alpha value is -6.03. The van der Waals surface area contributed by atoms with Crippen LogP contribution in [-0.2, 0) is 66.6 Å². The molecule has 0 saturated heterocycles. The molecule has 0 aliphatic rings. The first-order chi connectivity index (χ1) is 38.6. The number of nitrogens with zero attached hydrogens (tertiary/aromatic N) is 4. The Kier molecular flexibility index (Phi) is 37.5. The van der Waals surface area contributed by atoms with E-state index in [1.54, 1.807) is 48.5 Å². The smallest absolute Gasteiger partial charge is 0.258 e. The fraction of sp³-hybridized carbons (Fsp3) is 0.589. The van der Waals surface area contributed by atoms with Gasteiger partial charge in [-0.2, -0.15) is 20.5 Å². The topological polar surface area (TPSA) is 301 Å². The van der Waals surface area contributed by atoms with E-state index in [0.29, 0.717) is 113 Å². The van der Waals surface area contributed by atoms with Gasteiger partial charge in [0.15, 0.2) is 11.6 Å². The molecule has 80 heavy (non-hydrogen) atoms. The lowest BCUT2D eigenvalue weighted by molar-refractivity contribution is -0.127. The molecule has 3 aromatic rings. The second kappa shape index (κ2) is 42.8. The molecule has 0 saturated carbocycles. The van der Waals surface area contributed by atoms with Crippen molar-refractivity contribution < 1.29 is 86.3 Å². The zero-order valence-electron chi connectivity index (χ0n) is 47.5. The van der Waals surface area contributed by atoms with Crippen molar-refractivity contribution in [1.29, 1.82) is 0 Å². The van der Waals surface area contributed by atoms with E-state index in [9.17, 15) is 19.2 Å². The van der Waals surface area contributed by atoms with Gasteiger partial charge in [-0.05, 0) is 128 Å². The van der Waals surface area contributed by atoms with E-state index in [2.05, 4.69) is 31.1 Å². The average Bonchev–Trinajstić information content (AvgIpc) is 3.44. The molecular weight excluding hydrogens is 1040 g/mol. The standard InChI is InChI=1S/C55H82N6O17.CH2O/c1-38(75-36-42(5)77-34-40(3)71-30-27-68-25-22-62)21-24-73-50-17-13-48(14-18-50)58-60-52(44(7)64)54(66)56-46-9-11-47(12-10-46)57-55(67)53(45(8)65)61-59-49-15-19-51(20-16-49)74-32-29-70-33-39(2)76-37-43(6)78-35-41(4)72-31-28-69-26-23-63;1-2/h9-20,38-43,52-53,62-63H,21-37H2,1-8H3,(H,56,66)(H,57,67);1H2. The van der Waals surface area contributed by atoms with Crippen molar-refractivity contribution >= 4 is 52.9 Å². The van der Waals surface area contributed by atoms with Crippen LogP contribution in [0, 0.1) is 0 Å². The van der Waals surface area contributed by atoms with Gasteiger partial charge < -0.3 is 77.7 Å². The zero-order chi connectivity index (χ0) is 58.9. The number of azo groups is 2. The summed E-state index contributed by atoms with van der Waals surface area (Å²) in [7, 11) is 0. The summed E-state index contributed by atoms with van der Waals surface area (Å²) >= 11 is 0. The van der Waals surface area contributed by atoms with Crippen LogP contribution in [0.15, 0.2) is 93.3 Å². The summed E-state index contributed by atoms with van der Waals surface area (Å²) in [5.41, 5.74) is 1.43. The summed E-state index contributed by atoms with van der Waals surface area (Å²) < 4.78 is 62.3. The van der Waals surface area contributed by atoms with E-state index >= 15 is 0 Å². The van der Waals surface area contributed by atoms with E-state index in [1.165, 1.54) is 38.1 Å². The minimum atomic E-state index is -1.43. The second-order valence-corrected chi connectivity index (χ2v) is 18.2. The van der Waals surface area contributed by atoms with Crippen LogP contribution in [0.25, 0.3) is 0 Å². The quantitative estimate of drug-likeness (QED) is 0.0268. The van der Waals surface area contributed by atoms with E-state index < -0.39 is 35.5 Å². The maximum absolute atomic E-state index is 13.1. The molecule has 24 heteroatoms. The van der Waals surface area contributed by atoms with Gasteiger partial charge in [-0.15, -0.1) is 0 Å². The number of ether oxygens (including phenoxy) is 11. The number of rotatable bonds is 44. The number of anilines is 2. The normalized spacial score (nSPS) is 14.5. The molecule has 0 spiro atoms. The Bertz CT molecular complexity index is 2210. The van der Waals surface area contributed by atoms with Gasteiger partial charge in [0.05, 0.1) is 147 Å². The van der Waals surface area contributed by atoms with Crippen LogP contribution in [-0.4, -0.2) is 195 Å². The molecule has 3 rings (SSSR count). The molecule has 0 fully saturated rings. The largest absolute Gasteiger partial charge is 0.493 e. The van der Waals surface area contributed by atoms with Gasteiger partial charge in [0, 0.05) is 17.8 Å². The first-order valence-corrected chi connectivity index (χ1v) is 26.5. The summed E-state index contributed by atoms with van der Waals surface area (Å²) in [6.45, 7) is 21.3. The molecule has 0 aliphatic carbocycles. The van der Waals surface area contributed by atoms with Crippen molar-refractivity contribution in [1.82, 2.24) is 0 Å². The van der Waals surface area contributed by atoms with Gasteiger partial charge >= 0.3 is 0 Å². The molecule has 0 bridgehead atoms. The molecule has 8 atom stereocenters. The first-order valence-electron chi connectivity index (χ1n) is 26.5. The Morgan fingerprint density at radius 2 is 0.787 bits per heavy atom. The van der Waals surface area contributed by atoms with Crippen molar-refractivity contribution in [2.75, 3.05) is 116 Å². The molecule has 24 nitrogen and oxygen atoms in total. The SMILES string of the molecule is C=O.CC(=O)C(N=Nc1ccc(OCCOCC(C)OCC(C)OCC(C)OCCOCCO)cc1)C(=O)Nc1ccc(NC(=O)C(N=Nc2ccc(OCCC(C)OCC(C)OCC(C)OCCOCCO)cc2)C(C)=O)cc1.